The normalized spacial score (nSPS) is 10.2. The molecule has 2 nitrogen and oxygen atoms in total. The molecule has 0 radical (unpaired) electrons. The Kier molecular flexibility index (Phi) is 3.46. The van der Waals surface area contributed by atoms with Gasteiger partial charge in [0.15, 0.2) is 0 Å². The van der Waals surface area contributed by atoms with Crippen molar-refractivity contribution in [3.05, 3.63) is 39.4 Å². The molecule has 0 unspecified atom stereocenters. The first-order valence-electron chi connectivity index (χ1n) is 5.21. The molecule has 0 aliphatic rings. The van der Waals surface area contributed by atoms with E-state index in [1.807, 2.05) is 0 Å². The lowest BCUT2D eigenvalue weighted by Gasteiger charge is -2.02. The van der Waals surface area contributed by atoms with E-state index >= 15 is 0 Å². The molecule has 1 heterocycles. The van der Waals surface area contributed by atoms with Crippen molar-refractivity contribution in [1.82, 2.24) is 4.98 Å². The van der Waals surface area contributed by atoms with E-state index in [1.165, 1.54) is 22.5 Å². The van der Waals surface area contributed by atoms with Crippen LogP contribution in [0.15, 0.2) is 18.2 Å². The average molecular weight is 263 g/mol. The first-order chi connectivity index (χ1) is 8.11. The van der Waals surface area contributed by atoms with Crippen molar-refractivity contribution in [2.24, 2.45) is 0 Å². The second kappa shape index (κ2) is 4.87. The molecule has 0 spiro atoms. The van der Waals surface area contributed by atoms with Crippen molar-refractivity contribution in [2.45, 2.75) is 20.3 Å². The number of hydrogen-bond acceptors (Lipinski definition) is 3. The van der Waals surface area contributed by atoms with Crippen molar-refractivity contribution < 1.29 is 0 Å². The predicted molar refractivity (Wildman–Crippen MR) is 71.4 cm³/mol. The molecule has 0 aliphatic carbocycles. The van der Waals surface area contributed by atoms with Crippen molar-refractivity contribution in [3.8, 4) is 16.6 Å². The zero-order valence-electron chi connectivity index (χ0n) is 9.62. The van der Waals surface area contributed by atoms with E-state index in [2.05, 4.69) is 43.1 Å². The number of halogens is 1. The molecule has 0 amide bonds. The van der Waals surface area contributed by atoms with Crippen LogP contribution in [0.2, 0.25) is 4.34 Å². The lowest BCUT2D eigenvalue weighted by molar-refractivity contribution is 1.16. The summed E-state index contributed by atoms with van der Waals surface area (Å²) in [5.41, 5.74) is 4.17. The summed E-state index contributed by atoms with van der Waals surface area (Å²) in [4.78, 5) is 4.42. The van der Waals surface area contributed by atoms with E-state index in [-0.39, 0.29) is 6.42 Å². The molecule has 86 valence electrons. The number of rotatable bonds is 2. The maximum Gasteiger partial charge on any atom is 0.125 e. The fraction of sp³-hybridized carbons (Fsp3) is 0.231. The van der Waals surface area contributed by atoms with Gasteiger partial charge in [0, 0.05) is 5.56 Å². The van der Waals surface area contributed by atoms with E-state index in [1.54, 1.807) is 0 Å². The van der Waals surface area contributed by atoms with E-state index in [0.29, 0.717) is 10.0 Å². The van der Waals surface area contributed by atoms with Crippen LogP contribution < -0.4 is 0 Å². The van der Waals surface area contributed by atoms with E-state index in [0.717, 1.165) is 10.6 Å². The molecule has 4 heteroatoms. The fourth-order valence-corrected chi connectivity index (χ4v) is 2.91. The Hall–Kier alpha value is -1.37. The van der Waals surface area contributed by atoms with Gasteiger partial charge in [0.25, 0.3) is 0 Å². The molecule has 0 atom stereocenters. The van der Waals surface area contributed by atoms with Gasteiger partial charge in [0.2, 0.25) is 0 Å². The summed E-state index contributed by atoms with van der Waals surface area (Å²) in [6.07, 6.45) is 0.264. The third-order valence-corrected chi connectivity index (χ3v) is 3.88. The van der Waals surface area contributed by atoms with Crippen LogP contribution in [0.25, 0.3) is 10.6 Å². The van der Waals surface area contributed by atoms with Crippen molar-refractivity contribution in [2.75, 3.05) is 0 Å². The highest BCUT2D eigenvalue weighted by atomic mass is 35.5. The standard InChI is InChI=1S/C13H11ClN2S/c1-8-3-4-10(9(2)7-8)13-16-11(5-6-15)12(14)17-13/h3-4,7H,5H2,1-2H3. The number of benzene rings is 1. The second-order valence-electron chi connectivity index (χ2n) is 3.89. The lowest BCUT2D eigenvalue weighted by atomic mass is 10.1. The van der Waals surface area contributed by atoms with Gasteiger partial charge in [0.05, 0.1) is 18.2 Å². The molecule has 0 fully saturated rings. The minimum atomic E-state index is 0.264. The van der Waals surface area contributed by atoms with Gasteiger partial charge in [-0.15, -0.1) is 11.3 Å². The Labute approximate surface area is 110 Å². The number of hydrogen-bond donors (Lipinski definition) is 0. The highest BCUT2D eigenvalue weighted by Crippen LogP contribution is 2.33. The van der Waals surface area contributed by atoms with Crippen molar-refractivity contribution in [3.63, 3.8) is 0 Å². The van der Waals surface area contributed by atoms with Gasteiger partial charge in [-0.1, -0.05) is 35.4 Å². The minimum absolute atomic E-state index is 0.264. The molecule has 1 aromatic carbocycles. The maximum atomic E-state index is 8.67. The Balaban J connectivity index is 2.47. The molecule has 0 saturated carbocycles. The Morgan fingerprint density at radius 2 is 2.18 bits per heavy atom. The third-order valence-electron chi connectivity index (χ3n) is 2.51. The molecule has 0 N–H and O–H groups in total. The number of aryl methyl sites for hydroxylation is 2. The highest BCUT2D eigenvalue weighted by molar-refractivity contribution is 7.19. The predicted octanol–water partition coefficient (Wildman–Crippen LogP) is 4.15. The molecular formula is C13H11ClN2S. The van der Waals surface area contributed by atoms with Crippen LogP contribution in [0.5, 0.6) is 0 Å². The number of thiazole rings is 1. The molecule has 0 saturated heterocycles. The molecule has 17 heavy (non-hydrogen) atoms. The van der Waals surface area contributed by atoms with E-state index < -0.39 is 0 Å². The maximum absolute atomic E-state index is 8.67. The summed E-state index contributed by atoms with van der Waals surface area (Å²) < 4.78 is 0.613. The van der Waals surface area contributed by atoms with Crippen LogP contribution in [-0.4, -0.2) is 4.98 Å². The van der Waals surface area contributed by atoms with Gasteiger partial charge in [-0.2, -0.15) is 5.26 Å². The van der Waals surface area contributed by atoms with Gasteiger partial charge in [-0.05, 0) is 19.4 Å². The Morgan fingerprint density at radius 3 is 2.82 bits per heavy atom. The zero-order chi connectivity index (χ0) is 12.4. The summed E-state index contributed by atoms with van der Waals surface area (Å²) in [7, 11) is 0. The largest absolute Gasteiger partial charge is 0.238 e. The van der Waals surface area contributed by atoms with Crippen molar-refractivity contribution >= 4 is 22.9 Å². The Bertz CT molecular complexity index is 596. The summed E-state index contributed by atoms with van der Waals surface area (Å²) in [5.74, 6) is 0. The number of nitriles is 1. The molecule has 2 rings (SSSR count). The van der Waals surface area contributed by atoms with Crippen LogP contribution in [-0.2, 0) is 6.42 Å². The van der Waals surface area contributed by atoms with Crippen LogP contribution in [0.3, 0.4) is 0 Å². The van der Waals surface area contributed by atoms with Gasteiger partial charge in [-0.3, -0.25) is 0 Å². The first-order valence-corrected chi connectivity index (χ1v) is 6.41. The van der Waals surface area contributed by atoms with Gasteiger partial charge >= 0.3 is 0 Å². The van der Waals surface area contributed by atoms with Crippen LogP contribution in [0, 0.1) is 25.2 Å². The molecule has 1 aromatic heterocycles. The SMILES string of the molecule is Cc1ccc(-c2nc(CC#N)c(Cl)s2)c(C)c1. The van der Waals surface area contributed by atoms with Crippen LogP contribution in [0.4, 0.5) is 0 Å². The zero-order valence-corrected chi connectivity index (χ0v) is 11.2. The smallest absolute Gasteiger partial charge is 0.125 e. The second-order valence-corrected chi connectivity index (χ2v) is 5.49. The van der Waals surface area contributed by atoms with Crippen LogP contribution in [0.1, 0.15) is 16.8 Å². The summed E-state index contributed by atoms with van der Waals surface area (Å²) >= 11 is 7.49. The van der Waals surface area contributed by atoms with Gasteiger partial charge in [-0.25, -0.2) is 4.98 Å². The first kappa shape index (κ1) is 12.1. The monoisotopic (exact) mass is 262 g/mol. The quantitative estimate of drug-likeness (QED) is 0.815. The third kappa shape index (κ3) is 2.49. The Morgan fingerprint density at radius 1 is 1.41 bits per heavy atom. The molecular weight excluding hydrogens is 252 g/mol. The number of nitrogens with zero attached hydrogens (tertiary/aromatic N) is 2. The molecule has 0 bridgehead atoms. The molecule has 0 aliphatic heterocycles. The van der Waals surface area contributed by atoms with Gasteiger partial charge < -0.3 is 0 Å². The van der Waals surface area contributed by atoms with E-state index in [4.69, 9.17) is 16.9 Å². The lowest BCUT2D eigenvalue weighted by Crippen LogP contribution is -1.86. The minimum Gasteiger partial charge on any atom is -0.238 e. The van der Waals surface area contributed by atoms with Crippen LogP contribution >= 0.6 is 22.9 Å². The van der Waals surface area contributed by atoms with E-state index in [9.17, 15) is 0 Å². The van der Waals surface area contributed by atoms with Crippen molar-refractivity contribution in [1.29, 1.82) is 5.26 Å². The average Bonchev–Trinajstić information content (AvgIpc) is 2.60. The summed E-state index contributed by atoms with van der Waals surface area (Å²) in [5, 5.41) is 9.56. The summed E-state index contributed by atoms with van der Waals surface area (Å²) in [6, 6.07) is 8.30. The number of aromatic nitrogens is 1. The topological polar surface area (TPSA) is 36.7 Å². The summed E-state index contributed by atoms with van der Waals surface area (Å²) in [6.45, 7) is 4.12. The highest BCUT2D eigenvalue weighted by Gasteiger charge is 2.12. The molecule has 2 aromatic rings. The fourth-order valence-electron chi connectivity index (χ4n) is 1.69. The van der Waals surface area contributed by atoms with Gasteiger partial charge in [0.1, 0.15) is 9.34 Å².